The molecule has 0 radical (unpaired) electrons. The second-order valence-electron chi connectivity index (χ2n) is 3.92. The first-order valence-corrected chi connectivity index (χ1v) is 6.48. The van der Waals surface area contributed by atoms with Crippen LogP contribution in [-0.2, 0) is 4.74 Å². The van der Waals surface area contributed by atoms with Crippen molar-refractivity contribution < 1.29 is 9.53 Å². The molecule has 2 rings (SSSR count). The van der Waals surface area contributed by atoms with Crippen molar-refractivity contribution in [2.45, 2.75) is 25.3 Å². The Morgan fingerprint density at radius 1 is 1.62 bits per heavy atom. The third-order valence-corrected chi connectivity index (χ3v) is 3.45. The number of nitrogens with zero attached hydrogens (tertiary/aromatic N) is 1. The molecule has 1 fully saturated rings. The molecular formula is C11H16N2O2S. The van der Waals surface area contributed by atoms with E-state index in [1.54, 1.807) is 11.6 Å². The molecule has 1 atom stereocenters. The summed E-state index contributed by atoms with van der Waals surface area (Å²) in [5, 5.41) is 5.72. The lowest BCUT2D eigenvalue weighted by molar-refractivity contribution is 0.0691. The average molecular weight is 240 g/mol. The quantitative estimate of drug-likeness (QED) is 0.792. The smallest absolute Gasteiger partial charge is 0.216 e. The van der Waals surface area contributed by atoms with Crippen molar-refractivity contribution in [3.8, 4) is 0 Å². The van der Waals surface area contributed by atoms with E-state index in [1.807, 2.05) is 0 Å². The zero-order valence-corrected chi connectivity index (χ0v) is 9.96. The largest absolute Gasteiger partial charge is 0.372 e. The van der Waals surface area contributed by atoms with Crippen LogP contribution < -0.4 is 5.32 Å². The summed E-state index contributed by atoms with van der Waals surface area (Å²) in [4.78, 5) is 15.5. The highest BCUT2D eigenvalue weighted by molar-refractivity contribution is 7.11. The molecule has 0 unspecified atom stereocenters. The maximum atomic E-state index is 11.5. The number of hydrogen-bond acceptors (Lipinski definition) is 5. The van der Waals surface area contributed by atoms with Crippen molar-refractivity contribution >= 4 is 17.1 Å². The lowest BCUT2D eigenvalue weighted by atomic mass is 10.1. The average Bonchev–Trinajstić information content (AvgIpc) is 2.84. The topological polar surface area (TPSA) is 51.2 Å². The molecule has 5 heteroatoms. The van der Waals surface area contributed by atoms with E-state index in [-0.39, 0.29) is 12.4 Å². The molecule has 0 bridgehead atoms. The molecule has 1 N–H and O–H groups in total. The van der Waals surface area contributed by atoms with Crippen LogP contribution in [0.5, 0.6) is 0 Å². The summed E-state index contributed by atoms with van der Waals surface area (Å²) in [7, 11) is 0. The second kappa shape index (κ2) is 6.08. The van der Waals surface area contributed by atoms with Crippen LogP contribution >= 0.6 is 11.3 Å². The fourth-order valence-electron chi connectivity index (χ4n) is 1.78. The van der Waals surface area contributed by atoms with Crippen LogP contribution in [0.25, 0.3) is 0 Å². The molecule has 0 amide bonds. The summed E-state index contributed by atoms with van der Waals surface area (Å²) in [6.45, 7) is 1.83. The van der Waals surface area contributed by atoms with Gasteiger partial charge in [0.05, 0.1) is 6.61 Å². The zero-order valence-electron chi connectivity index (χ0n) is 9.15. The highest BCUT2D eigenvalue weighted by Gasteiger charge is 2.14. The van der Waals surface area contributed by atoms with Gasteiger partial charge in [0.15, 0.2) is 5.01 Å². The Kier molecular flexibility index (Phi) is 4.44. The number of ketones is 1. The van der Waals surface area contributed by atoms with Gasteiger partial charge in [0.2, 0.25) is 5.78 Å². The first-order valence-electron chi connectivity index (χ1n) is 5.60. The standard InChI is InChI=1S/C11H16N2O2S/c14-10(11-13-5-6-16-11)8-15-7-9-3-1-2-4-12-9/h5-6,9,12H,1-4,7-8H2/t9-/m0/s1. The summed E-state index contributed by atoms with van der Waals surface area (Å²) < 4.78 is 5.41. The Labute approximate surface area is 99.0 Å². The van der Waals surface area contributed by atoms with Crippen molar-refractivity contribution in [1.29, 1.82) is 0 Å². The summed E-state index contributed by atoms with van der Waals surface area (Å²) in [6, 6.07) is 0.415. The zero-order chi connectivity index (χ0) is 11.2. The number of rotatable bonds is 5. The number of nitrogens with one attached hydrogen (secondary N) is 1. The SMILES string of the molecule is O=C(COC[C@@H]1CCCCN1)c1nccs1. The van der Waals surface area contributed by atoms with E-state index in [0.29, 0.717) is 17.7 Å². The monoisotopic (exact) mass is 240 g/mol. The van der Waals surface area contributed by atoms with Gasteiger partial charge >= 0.3 is 0 Å². The van der Waals surface area contributed by atoms with Crippen molar-refractivity contribution in [1.82, 2.24) is 10.3 Å². The maximum absolute atomic E-state index is 11.5. The summed E-state index contributed by atoms with van der Waals surface area (Å²) in [6.07, 6.45) is 5.28. The molecule has 1 aromatic heterocycles. The minimum absolute atomic E-state index is 0.0224. The van der Waals surface area contributed by atoms with Gasteiger partial charge in [-0.3, -0.25) is 4.79 Å². The van der Waals surface area contributed by atoms with E-state index in [4.69, 9.17) is 4.74 Å². The Bertz CT molecular complexity index is 321. The third kappa shape index (κ3) is 3.37. The molecule has 1 aliphatic heterocycles. The number of thiazole rings is 1. The minimum atomic E-state index is -0.0224. The summed E-state index contributed by atoms with van der Waals surface area (Å²) in [5.74, 6) is -0.0224. The van der Waals surface area contributed by atoms with E-state index in [2.05, 4.69) is 10.3 Å². The van der Waals surface area contributed by atoms with Crippen LogP contribution in [0.3, 0.4) is 0 Å². The number of carbonyl (C=O) groups is 1. The first-order chi connectivity index (χ1) is 7.86. The third-order valence-electron chi connectivity index (χ3n) is 2.64. The number of ether oxygens (including phenoxy) is 1. The van der Waals surface area contributed by atoms with E-state index < -0.39 is 0 Å². The molecular weight excluding hydrogens is 224 g/mol. The molecule has 1 saturated heterocycles. The van der Waals surface area contributed by atoms with Gasteiger partial charge in [0.25, 0.3) is 0 Å². The Balaban J connectivity index is 1.66. The van der Waals surface area contributed by atoms with E-state index in [0.717, 1.165) is 13.0 Å². The van der Waals surface area contributed by atoms with Gasteiger partial charge in [-0.25, -0.2) is 4.98 Å². The predicted molar refractivity (Wildman–Crippen MR) is 62.9 cm³/mol. The van der Waals surface area contributed by atoms with Crippen molar-refractivity contribution in [2.24, 2.45) is 0 Å². The van der Waals surface area contributed by atoms with Gasteiger partial charge in [-0.1, -0.05) is 6.42 Å². The lowest BCUT2D eigenvalue weighted by Gasteiger charge is -2.22. The molecule has 88 valence electrons. The lowest BCUT2D eigenvalue weighted by Crippen LogP contribution is -2.38. The maximum Gasteiger partial charge on any atom is 0.216 e. The van der Waals surface area contributed by atoms with Gasteiger partial charge in [-0.2, -0.15) is 0 Å². The predicted octanol–water partition coefficient (Wildman–Crippen LogP) is 1.48. The van der Waals surface area contributed by atoms with Gasteiger partial charge in [0, 0.05) is 17.6 Å². The highest BCUT2D eigenvalue weighted by Crippen LogP contribution is 2.08. The normalized spacial score (nSPS) is 20.9. The molecule has 2 heterocycles. The van der Waals surface area contributed by atoms with Gasteiger partial charge in [0.1, 0.15) is 6.61 Å². The van der Waals surface area contributed by atoms with Crippen molar-refractivity contribution in [3.63, 3.8) is 0 Å². The Hall–Kier alpha value is -0.780. The van der Waals surface area contributed by atoms with E-state index in [1.165, 1.54) is 24.2 Å². The van der Waals surface area contributed by atoms with Crippen LogP contribution in [0, 0.1) is 0 Å². The summed E-state index contributed by atoms with van der Waals surface area (Å²) >= 11 is 1.36. The molecule has 1 aromatic rings. The van der Waals surface area contributed by atoms with Crippen LogP contribution in [-0.4, -0.2) is 36.6 Å². The number of piperidine rings is 1. The van der Waals surface area contributed by atoms with Gasteiger partial charge in [-0.05, 0) is 19.4 Å². The van der Waals surface area contributed by atoms with Gasteiger partial charge in [-0.15, -0.1) is 11.3 Å². The van der Waals surface area contributed by atoms with E-state index in [9.17, 15) is 4.79 Å². The summed E-state index contributed by atoms with van der Waals surface area (Å²) in [5.41, 5.74) is 0. The van der Waals surface area contributed by atoms with Crippen molar-refractivity contribution in [2.75, 3.05) is 19.8 Å². The Morgan fingerprint density at radius 3 is 3.25 bits per heavy atom. The van der Waals surface area contributed by atoms with Crippen molar-refractivity contribution in [3.05, 3.63) is 16.6 Å². The number of Topliss-reactive ketones (excluding diaryl/α,β-unsaturated/α-hetero) is 1. The number of carbonyl (C=O) groups excluding carboxylic acids is 1. The fraction of sp³-hybridized carbons (Fsp3) is 0.636. The Morgan fingerprint density at radius 2 is 2.56 bits per heavy atom. The highest BCUT2D eigenvalue weighted by atomic mass is 32.1. The fourth-order valence-corrected chi connectivity index (χ4v) is 2.35. The molecule has 0 spiro atoms. The number of aromatic nitrogens is 1. The first kappa shape index (κ1) is 11.7. The molecule has 0 aromatic carbocycles. The molecule has 4 nitrogen and oxygen atoms in total. The minimum Gasteiger partial charge on any atom is -0.372 e. The van der Waals surface area contributed by atoms with Crippen LogP contribution in [0.1, 0.15) is 29.1 Å². The van der Waals surface area contributed by atoms with Gasteiger partial charge < -0.3 is 10.1 Å². The molecule has 0 aliphatic carbocycles. The second-order valence-corrected chi connectivity index (χ2v) is 4.82. The van der Waals surface area contributed by atoms with E-state index >= 15 is 0 Å². The van der Waals surface area contributed by atoms with Crippen LogP contribution in [0.4, 0.5) is 0 Å². The van der Waals surface area contributed by atoms with Crippen LogP contribution in [0.15, 0.2) is 11.6 Å². The molecule has 0 saturated carbocycles. The molecule has 16 heavy (non-hydrogen) atoms. The number of hydrogen-bond donors (Lipinski definition) is 1. The van der Waals surface area contributed by atoms with Crippen LogP contribution in [0.2, 0.25) is 0 Å². The molecule has 1 aliphatic rings.